The van der Waals surface area contributed by atoms with Crippen molar-refractivity contribution in [2.75, 3.05) is 11.9 Å². The standard InChI is InChI=1S/C16H15N3O2S/c1-11-10-12(6-7-14(11)19(20)21)17-9-8-16-18-13-4-2-3-5-15(13)22-16/h2-7,10,17H,8-9H2,1H3. The molecule has 3 rings (SSSR count). The molecule has 1 N–H and O–H groups in total. The van der Waals surface area contributed by atoms with Crippen LogP contribution in [-0.2, 0) is 6.42 Å². The third kappa shape index (κ3) is 3.07. The molecule has 112 valence electrons. The summed E-state index contributed by atoms with van der Waals surface area (Å²) in [6, 6.07) is 13.2. The predicted octanol–water partition coefficient (Wildman–Crippen LogP) is 4.17. The molecule has 0 aliphatic rings. The van der Waals surface area contributed by atoms with Gasteiger partial charge in [-0.2, -0.15) is 0 Å². The first-order chi connectivity index (χ1) is 10.6. The van der Waals surface area contributed by atoms with Gasteiger partial charge < -0.3 is 5.32 Å². The number of nitrogens with zero attached hydrogens (tertiary/aromatic N) is 2. The molecule has 1 heterocycles. The van der Waals surface area contributed by atoms with Gasteiger partial charge in [-0.15, -0.1) is 11.3 Å². The zero-order valence-corrected chi connectivity index (χ0v) is 12.9. The van der Waals surface area contributed by atoms with E-state index in [4.69, 9.17) is 0 Å². The van der Waals surface area contributed by atoms with Crippen LogP contribution in [0.1, 0.15) is 10.6 Å². The molecular formula is C16H15N3O2S. The SMILES string of the molecule is Cc1cc(NCCc2nc3ccccc3s2)ccc1[N+](=O)[O-]. The summed E-state index contributed by atoms with van der Waals surface area (Å²) >= 11 is 1.70. The van der Waals surface area contributed by atoms with E-state index in [1.165, 1.54) is 10.8 Å². The third-order valence-electron chi connectivity index (χ3n) is 3.40. The highest BCUT2D eigenvalue weighted by Crippen LogP contribution is 2.23. The number of aromatic nitrogens is 1. The summed E-state index contributed by atoms with van der Waals surface area (Å²) in [7, 11) is 0. The van der Waals surface area contributed by atoms with Crippen molar-refractivity contribution in [1.82, 2.24) is 4.98 Å². The highest BCUT2D eigenvalue weighted by atomic mass is 32.1. The lowest BCUT2D eigenvalue weighted by molar-refractivity contribution is -0.385. The molecule has 0 atom stereocenters. The van der Waals surface area contributed by atoms with E-state index in [0.717, 1.165) is 29.2 Å². The van der Waals surface area contributed by atoms with Crippen LogP contribution in [0, 0.1) is 17.0 Å². The Bertz CT molecular complexity index is 796. The molecule has 3 aromatic rings. The minimum absolute atomic E-state index is 0.150. The van der Waals surface area contributed by atoms with Gasteiger partial charge in [-0.25, -0.2) is 4.98 Å². The first-order valence-electron chi connectivity index (χ1n) is 6.97. The van der Waals surface area contributed by atoms with Crippen molar-refractivity contribution in [3.63, 3.8) is 0 Å². The lowest BCUT2D eigenvalue weighted by atomic mass is 10.2. The molecular weight excluding hydrogens is 298 g/mol. The third-order valence-corrected chi connectivity index (χ3v) is 4.50. The van der Waals surface area contributed by atoms with Crippen LogP contribution in [-0.4, -0.2) is 16.5 Å². The van der Waals surface area contributed by atoms with E-state index < -0.39 is 0 Å². The van der Waals surface area contributed by atoms with E-state index in [1.807, 2.05) is 18.2 Å². The number of benzene rings is 2. The van der Waals surface area contributed by atoms with Crippen LogP contribution in [0.4, 0.5) is 11.4 Å². The van der Waals surface area contributed by atoms with E-state index in [0.29, 0.717) is 5.56 Å². The average Bonchev–Trinajstić information content (AvgIpc) is 2.89. The number of hydrogen-bond donors (Lipinski definition) is 1. The van der Waals surface area contributed by atoms with Crippen LogP contribution in [0.15, 0.2) is 42.5 Å². The second-order valence-electron chi connectivity index (χ2n) is 5.01. The number of hydrogen-bond acceptors (Lipinski definition) is 5. The maximum absolute atomic E-state index is 10.8. The molecule has 0 amide bonds. The molecule has 0 aliphatic heterocycles. The Hall–Kier alpha value is -2.47. The van der Waals surface area contributed by atoms with Gasteiger partial charge in [-0.1, -0.05) is 12.1 Å². The van der Waals surface area contributed by atoms with Crippen molar-refractivity contribution < 1.29 is 4.92 Å². The van der Waals surface area contributed by atoms with Crippen LogP contribution < -0.4 is 5.32 Å². The summed E-state index contributed by atoms with van der Waals surface area (Å²) in [4.78, 5) is 15.0. The number of fused-ring (bicyclic) bond motifs is 1. The predicted molar refractivity (Wildman–Crippen MR) is 89.6 cm³/mol. The molecule has 5 nitrogen and oxygen atoms in total. The Labute approximate surface area is 131 Å². The fourth-order valence-corrected chi connectivity index (χ4v) is 3.28. The molecule has 0 spiro atoms. The normalized spacial score (nSPS) is 10.8. The average molecular weight is 313 g/mol. The molecule has 22 heavy (non-hydrogen) atoms. The molecule has 2 aromatic carbocycles. The van der Waals surface area contributed by atoms with Gasteiger partial charge in [0.15, 0.2) is 0 Å². The minimum Gasteiger partial charge on any atom is -0.385 e. The maximum Gasteiger partial charge on any atom is 0.272 e. The van der Waals surface area contributed by atoms with Crippen LogP contribution in [0.5, 0.6) is 0 Å². The topological polar surface area (TPSA) is 68.1 Å². The summed E-state index contributed by atoms with van der Waals surface area (Å²) in [6.07, 6.45) is 0.829. The van der Waals surface area contributed by atoms with Gasteiger partial charge in [0.1, 0.15) is 0 Å². The second-order valence-corrected chi connectivity index (χ2v) is 6.13. The van der Waals surface area contributed by atoms with Crippen LogP contribution >= 0.6 is 11.3 Å². The Kier molecular flexibility index (Phi) is 4.02. The lowest BCUT2D eigenvalue weighted by Crippen LogP contribution is -2.05. The van der Waals surface area contributed by atoms with Gasteiger partial charge in [0.2, 0.25) is 0 Å². The maximum atomic E-state index is 10.8. The highest BCUT2D eigenvalue weighted by molar-refractivity contribution is 7.18. The molecule has 0 radical (unpaired) electrons. The number of nitrogens with one attached hydrogen (secondary N) is 1. The number of thiazole rings is 1. The highest BCUT2D eigenvalue weighted by Gasteiger charge is 2.10. The van der Waals surface area contributed by atoms with Crippen molar-refractivity contribution in [2.24, 2.45) is 0 Å². The van der Waals surface area contributed by atoms with Crippen molar-refractivity contribution in [2.45, 2.75) is 13.3 Å². The van der Waals surface area contributed by atoms with Crippen LogP contribution in [0.25, 0.3) is 10.2 Å². The van der Waals surface area contributed by atoms with E-state index in [9.17, 15) is 10.1 Å². The number of nitro groups is 1. The lowest BCUT2D eigenvalue weighted by Gasteiger charge is -2.06. The quantitative estimate of drug-likeness (QED) is 0.567. The monoisotopic (exact) mass is 313 g/mol. The first-order valence-corrected chi connectivity index (χ1v) is 7.78. The summed E-state index contributed by atoms with van der Waals surface area (Å²) < 4.78 is 1.20. The largest absolute Gasteiger partial charge is 0.385 e. The molecule has 6 heteroatoms. The van der Waals surface area contributed by atoms with Gasteiger partial charge in [-0.05, 0) is 31.2 Å². The Morgan fingerprint density at radius 1 is 1.27 bits per heavy atom. The summed E-state index contributed by atoms with van der Waals surface area (Å²) in [5.41, 5.74) is 2.74. The molecule has 0 fully saturated rings. The van der Waals surface area contributed by atoms with E-state index >= 15 is 0 Å². The van der Waals surface area contributed by atoms with E-state index in [-0.39, 0.29) is 10.6 Å². The smallest absolute Gasteiger partial charge is 0.272 e. The number of para-hydroxylation sites is 1. The zero-order valence-electron chi connectivity index (χ0n) is 12.1. The fourth-order valence-electron chi connectivity index (χ4n) is 2.31. The van der Waals surface area contributed by atoms with Crippen molar-refractivity contribution in [1.29, 1.82) is 0 Å². The van der Waals surface area contributed by atoms with Gasteiger partial charge in [0, 0.05) is 30.3 Å². The number of rotatable bonds is 5. The summed E-state index contributed by atoms with van der Waals surface area (Å²) in [5, 5.41) is 15.2. The Morgan fingerprint density at radius 3 is 2.82 bits per heavy atom. The molecule has 0 unspecified atom stereocenters. The Balaban J connectivity index is 1.63. The minimum atomic E-state index is -0.361. The van der Waals surface area contributed by atoms with Crippen molar-refractivity contribution >= 4 is 32.9 Å². The summed E-state index contributed by atoms with van der Waals surface area (Å²) in [6.45, 7) is 2.49. The van der Waals surface area contributed by atoms with Gasteiger partial charge in [-0.3, -0.25) is 10.1 Å². The summed E-state index contributed by atoms with van der Waals surface area (Å²) in [5.74, 6) is 0. The van der Waals surface area contributed by atoms with E-state index in [1.54, 1.807) is 30.4 Å². The van der Waals surface area contributed by atoms with Crippen LogP contribution in [0.3, 0.4) is 0 Å². The van der Waals surface area contributed by atoms with Crippen LogP contribution in [0.2, 0.25) is 0 Å². The molecule has 0 saturated carbocycles. The first kappa shape index (κ1) is 14.5. The molecule has 0 saturated heterocycles. The number of nitro benzene ring substituents is 1. The second kappa shape index (κ2) is 6.11. The molecule has 0 bridgehead atoms. The van der Waals surface area contributed by atoms with Gasteiger partial charge >= 0.3 is 0 Å². The zero-order chi connectivity index (χ0) is 15.5. The molecule has 1 aromatic heterocycles. The van der Waals surface area contributed by atoms with Crippen molar-refractivity contribution in [3.05, 3.63) is 63.1 Å². The Morgan fingerprint density at radius 2 is 2.09 bits per heavy atom. The number of anilines is 1. The van der Waals surface area contributed by atoms with Gasteiger partial charge in [0.25, 0.3) is 5.69 Å². The van der Waals surface area contributed by atoms with Crippen molar-refractivity contribution in [3.8, 4) is 0 Å². The number of aryl methyl sites for hydroxylation is 1. The molecule has 0 aliphatic carbocycles. The van der Waals surface area contributed by atoms with Gasteiger partial charge in [0.05, 0.1) is 20.1 Å². The fraction of sp³-hybridized carbons (Fsp3) is 0.188. The van der Waals surface area contributed by atoms with E-state index in [2.05, 4.69) is 16.4 Å².